The minimum atomic E-state index is 0.630. The molecule has 0 radical (unpaired) electrons. The first-order valence-corrected chi connectivity index (χ1v) is 6.42. The molecule has 2 aromatic heterocycles. The molecule has 0 saturated heterocycles. The number of hydrogen-bond acceptors (Lipinski definition) is 4. The summed E-state index contributed by atoms with van der Waals surface area (Å²) in [5, 5.41) is 3.23. The van der Waals surface area contributed by atoms with Crippen LogP contribution in [0.1, 0.15) is 12.7 Å². The van der Waals surface area contributed by atoms with Crippen LogP contribution in [0.3, 0.4) is 0 Å². The molecule has 5 heteroatoms. The minimum Gasteiger partial charge on any atom is -0.478 e. The number of rotatable bonds is 5. The highest BCUT2D eigenvalue weighted by Crippen LogP contribution is 2.14. The van der Waals surface area contributed by atoms with E-state index in [-0.39, 0.29) is 0 Å². The van der Waals surface area contributed by atoms with Crippen LogP contribution in [-0.4, -0.2) is 11.6 Å². The average Bonchev–Trinajstić information content (AvgIpc) is 2.75. The fraction of sp³-hybridized carbons (Fsp3) is 0.250. The first-order valence-electron chi connectivity index (χ1n) is 5.35. The maximum absolute atomic E-state index is 5.45. The molecular formula is C12H13IN2O2. The van der Waals surface area contributed by atoms with Crippen molar-refractivity contribution in [2.75, 3.05) is 11.9 Å². The molecule has 0 aliphatic rings. The van der Waals surface area contributed by atoms with Gasteiger partial charge >= 0.3 is 0 Å². The molecule has 0 aromatic carbocycles. The van der Waals surface area contributed by atoms with E-state index in [1.165, 1.54) is 0 Å². The summed E-state index contributed by atoms with van der Waals surface area (Å²) in [4.78, 5) is 4.17. The summed E-state index contributed by atoms with van der Waals surface area (Å²) in [7, 11) is 0. The number of hydrogen-bond donors (Lipinski definition) is 1. The number of aromatic nitrogens is 1. The highest BCUT2D eigenvalue weighted by Gasteiger charge is 2.00. The fourth-order valence-corrected chi connectivity index (χ4v) is 1.82. The molecule has 0 atom stereocenters. The molecule has 0 aliphatic carbocycles. The third-order valence-electron chi connectivity index (χ3n) is 2.12. The van der Waals surface area contributed by atoms with Crippen LogP contribution in [0.15, 0.2) is 34.9 Å². The van der Waals surface area contributed by atoms with Gasteiger partial charge in [-0.3, -0.25) is 0 Å². The van der Waals surface area contributed by atoms with Gasteiger partial charge in [0.05, 0.1) is 25.0 Å². The Balaban J connectivity index is 1.90. The number of pyridine rings is 1. The summed E-state index contributed by atoms with van der Waals surface area (Å²) in [6.07, 6.45) is 1.75. The molecule has 2 heterocycles. The van der Waals surface area contributed by atoms with E-state index in [0.717, 1.165) is 15.2 Å². The lowest BCUT2D eigenvalue weighted by atomic mass is 10.4. The third kappa shape index (κ3) is 3.62. The molecule has 0 bridgehead atoms. The molecule has 90 valence electrons. The van der Waals surface area contributed by atoms with Gasteiger partial charge in [-0.1, -0.05) is 0 Å². The molecule has 0 aliphatic heterocycles. The smallest absolute Gasteiger partial charge is 0.213 e. The van der Waals surface area contributed by atoms with E-state index in [0.29, 0.717) is 19.0 Å². The van der Waals surface area contributed by atoms with Crippen molar-refractivity contribution in [3.05, 3.63) is 40.0 Å². The maximum atomic E-state index is 5.45. The molecule has 0 fully saturated rings. The van der Waals surface area contributed by atoms with Crippen LogP contribution in [0.2, 0.25) is 0 Å². The predicted octanol–water partition coefficient (Wildman–Crippen LogP) is 3.29. The third-order valence-corrected chi connectivity index (χ3v) is 2.70. The zero-order valence-electron chi connectivity index (χ0n) is 9.44. The van der Waals surface area contributed by atoms with Crippen LogP contribution in [0.25, 0.3) is 0 Å². The van der Waals surface area contributed by atoms with E-state index < -0.39 is 0 Å². The largest absolute Gasteiger partial charge is 0.478 e. The second-order valence-corrected chi connectivity index (χ2v) is 4.44. The summed E-state index contributed by atoms with van der Waals surface area (Å²) >= 11 is 2.15. The van der Waals surface area contributed by atoms with Crippen molar-refractivity contribution in [3.8, 4) is 5.88 Å². The van der Waals surface area contributed by atoms with Crippen LogP contribution in [0.5, 0.6) is 5.88 Å². The van der Waals surface area contributed by atoms with Crippen molar-refractivity contribution in [3.63, 3.8) is 0 Å². The van der Waals surface area contributed by atoms with E-state index in [4.69, 9.17) is 9.15 Å². The number of halogens is 1. The number of nitrogens with zero attached hydrogens (tertiary/aromatic N) is 1. The van der Waals surface area contributed by atoms with Crippen LogP contribution >= 0.6 is 22.6 Å². The van der Waals surface area contributed by atoms with Crippen LogP contribution in [-0.2, 0) is 6.54 Å². The predicted molar refractivity (Wildman–Crippen MR) is 74.2 cm³/mol. The van der Waals surface area contributed by atoms with E-state index >= 15 is 0 Å². The van der Waals surface area contributed by atoms with E-state index in [1.807, 2.05) is 31.2 Å². The number of ether oxygens (including phenoxy) is 1. The average molecular weight is 344 g/mol. The summed E-state index contributed by atoms with van der Waals surface area (Å²) in [5.41, 5.74) is 0.944. The van der Waals surface area contributed by atoms with Crippen molar-refractivity contribution >= 4 is 28.3 Å². The van der Waals surface area contributed by atoms with Gasteiger partial charge in [-0.15, -0.1) is 0 Å². The van der Waals surface area contributed by atoms with Gasteiger partial charge in [-0.25, -0.2) is 4.98 Å². The quantitative estimate of drug-likeness (QED) is 0.846. The summed E-state index contributed by atoms with van der Waals surface area (Å²) in [6.45, 7) is 3.22. The minimum absolute atomic E-state index is 0.630. The monoisotopic (exact) mass is 344 g/mol. The van der Waals surface area contributed by atoms with Crippen LogP contribution < -0.4 is 10.1 Å². The molecule has 0 unspecified atom stereocenters. The second kappa shape index (κ2) is 5.90. The van der Waals surface area contributed by atoms with Gasteiger partial charge in [0.25, 0.3) is 0 Å². The Kier molecular flexibility index (Phi) is 4.24. The fourth-order valence-electron chi connectivity index (χ4n) is 1.35. The van der Waals surface area contributed by atoms with Crippen LogP contribution in [0, 0.1) is 3.77 Å². The lowest BCUT2D eigenvalue weighted by molar-refractivity contribution is 0.327. The summed E-state index contributed by atoms with van der Waals surface area (Å²) in [6, 6.07) is 7.68. The first kappa shape index (κ1) is 12.2. The number of furan rings is 1. The van der Waals surface area contributed by atoms with Gasteiger partial charge in [0.2, 0.25) is 5.88 Å². The lowest BCUT2D eigenvalue weighted by Gasteiger charge is -2.05. The summed E-state index contributed by atoms with van der Waals surface area (Å²) in [5.74, 6) is 1.55. The molecule has 0 amide bonds. The Labute approximate surface area is 114 Å². The van der Waals surface area contributed by atoms with Gasteiger partial charge in [0, 0.05) is 6.07 Å². The lowest BCUT2D eigenvalue weighted by Crippen LogP contribution is -1.99. The van der Waals surface area contributed by atoms with E-state index in [9.17, 15) is 0 Å². The van der Waals surface area contributed by atoms with Gasteiger partial charge in [-0.05, 0) is 47.7 Å². The normalized spacial score (nSPS) is 10.2. The summed E-state index contributed by atoms with van der Waals surface area (Å²) < 4.78 is 11.6. The van der Waals surface area contributed by atoms with Crippen molar-refractivity contribution in [2.24, 2.45) is 0 Å². The van der Waals surface area contributed by atoms with E-state index in [2.05, 4.69) is 32.9 Å². The van der Waals surface area contributed by atoms with Gasteiger partial charge < -0.3 is 14.5 Å². The number of anilines is 1. The highest BCUT2D eigenvalue weighted by molar-refractivity contribution is 14.1. The second-order valence-electron chi connectivity index (χ2n) is 3.38. The van der Waals surface area contributed by atoms with E-state index in [1.54, 1.807) is 6.20 Å². The molecule has 4 nitrogen and oxygen atoms in total. The Morgan fingerprint density at radius 3 is 2.82 bits per heavy atom. The van der Waals surface area contributed by atoms with Gasteiger partial charge in [0.1, 0.15) is 5.76 Å². The standard InChI is InChI=1S/C12H13IN2O2/c1-2-16-12-6-3-9(7-15-12)14-8-10-4-5-11(13)17-10/h3-7,14H,2,8H2,1H3. The highest BCUT2D eigenvalue weighted by atomic mass is 127. The molecule has 1 N–H and O–H groups in total. The van der Waals surface area contributed by atoms with Crippen molar-refractivity contribution in [1.29, 1.82) is 0 Å². The SMILES string of the molecule is CCOc1ccc(NCc2ccc(I)o2)cn1. The first-order chi connectivity index (χ1) is 8.28. The molecule has 0 spiro atoms. The van der Waals surface area contributed by atoms with Gasteiger partial charge in [0.15, 0.2) is 3.77 Å². The van der Waals surface area contributed by atoms with Crippen molar-refractivity contribution in [1.82, 2.24) is 4.98 Å². The Hall–Kier alpha value is -1.24. The zero-order chi connectivity index (χ0) is 12.1. The molecular weight excluding hydrogens is 331 g/mol. The molecule has 17 heavy (non-hydrogen) atoms. The van der Waals surface area contributed by atoms with Crippen molar-refractivity contribution in [2.45, 2.75) is 13.5 Å². The maximum Gasteiger partial charge on any atom is 0.213 e. The molecule has 2 rings (SSSR count). The topological polar surface area (TPSA) is 47.3 Å². The van der Waals surface area contributed by atoms with Crippen molar-refractivity contribution < 1.29 is 9.15 Å². The van der Waals surface area contributed by atoms with Crippen LogP contribution in [0.4, 0.5) is 5.69 Å². The van der Waals surface area contributed by atoms with Gasteiger partial charge in [-0.2, -0.15) is 0 Å². The number of nitrogens with one attached hydrogen (secondary N) is 1. The molecule has 2 aromatic rings. The zero-order valence-corrected chi connectivity index (χ0v) is 11.6. The Morgan fingerprint density at radius 1 is 1.35 bits per heavy atom. The Bertz CT molecular complexity index is 468. The Morgan fingerprint density at radius 2 is 2.24 bits per heavy atom. The molecule has 0 saturated carbocycles.